The average molecular weight is 1030 g/mol. The van der Waals surface area contributed by atoms with Gasteiger partial charge >= 0.3 is 11.9 Å². The van der Waals surface area contributed by atoms with E-state index in [1.165, 1.54) is 41.3 Å². The minimum Gasteiger partial charge on any atom is -0.494 e. The summed E-state index contributed by atoms with van der Waals surface area (Å²) in [7, 11) is 0. The van der Waals surface area contributed by atoms with Crippen LogP contribution in [0.4, 0.5) is 22.7 Å². The molecule has 2 fully saturated rings. The van der Waals surface area contributed by atoms with Gasteiger partial charge in [-0.1, -0.05) is 24.3 Å². The van der Waals surface area contributed by atoms with Crippen LogP contribution in [-0.2, 0) is 32.0 Å². The second-order valence-electron chi connectivity index (χ2n) is 20.0. The maximum atomic E-state index is 13.9. The third-order valence-electron chi connectivity index (χ3n) is 15.4. The van der Waals surface area contributed by atoms with Gasteiger partial charge in [0.25, 0.3) is 0 Å². The molecule has 4 aliphatic heterocycles. The number of carboxylic acids is 2. The van der Waals surface area contributed by atoms with E-state index in [0.29, 0.717) is 48.9 Å². The molecular formula is C57H66N6O8S2. The fourth-order valence-electron chi connectivity index (χ4n) is 11.2. The van der Waals surface area contributed by atoms with Crippen molar-refractivity contribution in [1.82, 2.24) is 9.80 Å². The Kier molecular flexibility index (Phi) is 15.8. The molecule has 4 aliphatic rings. The number of carbonyl (C=O) groups is 4. The number of thiophene rings is 2. The molecule has 16 heteroatoms. The summed E-state index contributed by atoms with van der Waals surface area (Å²) in [4.78, 5) is 66.6. The highest BCUT2D eigenvalue weighted by atomic mass is 32.1. The monoisotopic (exact) mass is 1030 g/mol. The number of ether oxygens (including phenoxy) is 2. The van der Waals surface area contributed by atoms with E-state index >= 15 is 0 Å². The van der Waals surface area contributed by atoms with Crippen molar-refractivity contribution in [3.8, 4) is 11.5 Å². The Hall–Kier alpha value is -6.20. The highest BCUT2D eigenvalue weighted by Gasteiger charge is 2.46. The Morgan fingerprint density at radius 2 is 1.01 bits per heavy atom. The largest absolute Gasteiger partial charge is 0.494 e. The third-order valence-corrected chi connectivity index (χ3v) is 17.1. The Bertz CT molecular complexity index is 2750. The first-order valence-corrected chi connectivity index (χ1v) is 27.8. The van der Waals surface area contributed by atoms with Gasteiger partial charge < -0.3 is 39.3 Å². The number of hydrogen-bond donors (Lipinski definition) is 2. The van der Waals surface area contributed by atoms with Gasteiger partial charge in [0.2, 0.25) is 11.8 Å². The standard InChI is InChI=1S/C57H66N6O8S2/c64-53-17-13-41-11-15-43(70-33-3-1-23-58-25-29-60(30-26-58)47-7-5-9-51-45(47)20-35-72-51)37-49(41)62(53)39-57(56(68)69,22-19-55(66)67)40-63-50-38-44(16-12-42(50)14-18-54(63)65)71-34-4-2-24-59-27-31-61(32-28-59)48-8-6-10-52-46(48)21-36-73-52/h5-12,15-16,20-21,35-38H,1-4,13-14,17-19,22-34,39-40H2,(H,66,67)(H,68,69). The predicted molar refractivity (Wildman–Crippen MR) is 292 cm³/mol. The summed E-state index contributed by atoms with van der Waals surface area (Å²) in [6.07, 6.45) is 4.22. The minimum absolute atomic E-state index is 0.176. The first-order chi connectivity index (χ1) is 35.6. The van der Waals surface area contributed by atoms with Crippen LogP contribution in [0.2, 0.25) is 0 Å². The molecule has 2 saturated heterocycles. The molecule has 6 aromatic rings. The van der Waals surface area contributed by atoms with E-state index in [9.17, 15) is 29.4 Å². The molecule has 2 amide bonds. The van der Waals surface area contributed by atoms with Crippen molar-refractivity contribution in [3.63, 3.8) is 0 Å². The number of rotatable bonds is 22. The molecule has 0 bridgehead atoms. The minimum atomic E-state index is -1.81. The topological polar surface area (TPSA) is 147 Å². The van der Waals surface area contributed by atoms with E-state index in [2.05, 4.69) is 78.9 Å². The number of fused-ring (bicyclic) bond motifs is 4. The third kappa shape index (κ3) is 11.6. The molecule has 2 aromatic heterocycles. The molecule has 0 unspecified atom stereocenters. The molecule has 4 aromatic carbocycles. The molecule has 6 heterocycles. The Morgan fingerprint density at radius 1 is 0.548 bits per heavy atom. The van der Waals surface area contributed by atoms with Gasteiger partial charge in [0.15, 0.2) is 0 Å². The van der Waals surface area contributed by atoms with Gasteiger partial charge in [-0.3, -0.25) is 29.0 Å². The van der Waals surface area contributed by atoms with Crippen molar-refractivity contribution in [3.05, 3.63) is 107 Å². The van der Waals surface area contributed by atoms with Crippen LogP contribution in [0.5, 0.6) is 11.5 Å². The van der Waals surface area contributed by atoms with Crippen LogP contribution in [0.25, 0.3) is 20.2 Å². The number of hydrogen-bond acceptors (Lipinski definition) is 12. The molecule has 0 saturated carbocycles. The summed E-state index contributed by atoms with van der Waals surface area (Å²) >= 11 is 3.56. The van der Waals surface area contributed by atoms with Crippen LogP contribution in [0.1, 0.15) is 62.5 Å². The van der Waals surface area contributed by atoms with Crippen LogP contribution in [0, 0.1) is 5.41 Å². The Balaban J connectivity index is 0.743. The van der Waals surface area contributed by atoms with Crippen LogP contribution < -0.4 is 29.1 Å². The summed E-state index contributed by atoms with van der Waals surface area (Å²) in [5.74, 6) is -1.78. The van der Waals surface area contributed by atoms with Crippen LogP contribution in [0.3, 0.4) is 0 Å². The maximum Gasteiger partial charge on any atom is 0.313 e. The maximum absolute atomic E-state index is 13.9. The quantitative estimate of drug-likeness (QED) is 0.0625. The number of piperazine rings is 2. The second kappa shape index (κ2) is 22.9. The smallest absolute Gasteiger partial charge is 0.313 e. The molecule has 73 heavy (non-hydrogen) atoms. The average Bonchev–Trinajstić information content (AvgIpc) is 4.11. The number of aryl methyl sites for hydroxylation is 2. The summed E-state index contributed by atoms with van der Waals surface area (Å²) in [6, 6.07) is 28.8. The zero-order chi connectivity index (χ0) is 50.3. The number of carbonyl (C=O) groups excluding carboxylic acids is 2. The van der Waals surface area contributed by atoms with E-state index in [0.717, 1.165) is 102 Å². The highest BCUT2D eigenvalue weighted by Crippen LogP contribution is 2.40. The highest BCUT2D eigenvalue weighted by molar-refractivity contribution is 7.17. The van der Waals surface area contributed by atoms with E-state index in [1.54, 1.807) is 22.7 Å². The molecule has 0 aliphatic carbocycles. The molecular weight excluding hydrogens is 961 g/mol. The van der Waals surface area contributed by atoms with Crippen molar-refractivity contribution in [2.45, 2.75) is 64.2 Å². The Morgan fingerprint density at radius 3 is 1.45 bits per heavy atom. The van der Waals surface area contributed by atoms with Crippen molar-refractivity contribution >= 4 is 89.3 Å². The van der Waals surface area contributed by atoms with Gasteiger partial charge in [-0.15, -0.1) is 22.7 Å². The van der Waals surface area contributed by atoms with Gasteiger partial charge in [0, 0.05) is 128 Å². The lowest BCUT2D eigenvalue weighted by Crippen LogP contribution is -2.54. The van der Waals surface area contributed by atoms with E-state index < -0.39 is 23.8 Å². The molecule has 384 valence electrons. The van der Waals surface area contributed by atoms with Crippen LogP contribution >= 0.6 is 22.7 Å². The lowest BCUT2D eigenvalue weighted by Gasteiger charge is -2.41. The number of anilines is 4. The summed E-state index contributed by atoms with van der Waals surface area (Å²) in [5.41, 5.74) is 3.69. The van der Waals surface area contributed by atoms with Gasteiger partial charge in [0.1, 0.15) is 16.9 Å². The van der Waals surface area contributed by atoms with Crippen molar-refractivity contribution in [2.24, 2.45) is 5.41 Å². The molecule has 10 rings (SSSR count). The fourth-order valence-corrected chi connectivity index (χ4v) is 12.8. The number of aliphatic carboxylic acids is 2. The number of unbranched alkanes of at least 4 members (excludes halogenated alkanes) is 2. The lowest BCUT2D eigenvalue weighted by atomic mass is 9.80. The first kappa shape index (κ1) is 50.3. The number of benzene rings is 4. The molecule has 0 spiro atoms. The molecule has 0 radical (unpaired) electrons. The van der Waals surface area contributed by atoms with E-state index in [-0.39, 0.29) is 44.2 Å². The normalized spacial score (nSPS) is 16.8. The number of carboxylic acid groups (broad SMARTS) is 2. The van der Waals surface area contributed by atoms with Gasteiger partial charge in [-0.05, 0) is 128 Å². The van der Waals surface area contributed by atoms with E-state index in [1.807, 2.05) is 36.4 Å². The van der Waals surface area contributed by atoms with Gasteiger partial charge in [0.05, 0.1) is 24.6 Å². The van der Waals surface area contributed by atoms with E-state index in [4.69, 9.17) is 9.47 Å². The van der Waals surface area contributed by atoms with Crippen molar-refractivity contribution < 1.29 is 38.9 Å². The van der Waals surface area contributed by atoms with Crippen LogP contribution in [-0.4, -0.2) is 136 Å². The zero-order valence-electron chi connectivity index (χ0n) is 41.6. The molecule has 14 nitrogen and oxygen atoms in total. The molecule has 2 N–H and O–H groups in total. The number of nitrogens with zero attached hydrogens (tertiary/aromatic N) is 6. The zero-order valence-corrected chi connectivity index (χ0v) is 43.2. The molecule has 0 atom stereocenters. The van der Waals surface area contributed by atoms with Gasteiger partial charge in [-0.25, -0.2) is 0 Å². The van der Waals surface area contributed by atoms with Crippen LogP contribution in [0.15, 0.2) is 95.7 Å². The summed E-state index contributed by atoms with van der Waals surface area (Å²) in [5, 5.41) is 28.0. The number of amides is 2. The SMILES string of the molecule is O=C(O)CCC(CN1C(=O)CCc2ccc(OCCCCN3CCN(c4cccc5sccc45)CC3)cc21)(CN1C(=O)CCc2ccc(OCCCCN3CCN(c4cccc5sccc45)CC3)cc21)C(=O)O. The Labute approximate surface area is 435 Å². The fraction of sp³-hybridized carbons (Fsp3) is 0.439. The predicted octanol–water partition coefficient (Wildman–Crippen LogP) is 9.27. The van der Waals surface area contributed by atoms with Crippen molar-refractivity contribution in [2.75, 3.05) is 111 Å². The van der Waals surface area contributed by atoms with Gasteiger partial charge in [-0.2, -0.15) is 0 Å². The summed E-state index contributed by atoms with van der Waals surface area (Å²) in [6.45, 7) is 10.3. The lowest BCUT2D eigenvalue weighted by molar-refractivity contribution is -0.149. The first-order valence-electron chi connectivity index (χ1n) is 26.1. The second-order valence-corrected chi connectivity index (χ2v) is 21.9. The summed E-state index contributed by atoms with van der Waals surface area (Å²) < 4.78 is 15.2. The van der Waals surface area contributed by atoms with Crippen molar-refractivity contribution in [1.29, 1.82) is 0 Å².